The zero-order valence-electron chi connectivity index (χ0n) is 9.98. The molecule has 0 atom stereocenters. The minimum absolute atomic E-state index is 0.974. The molecular formula is C16H15N. The van der Waals surface area contributed by atoms with Gasteiger partial charge in [0.05, 0.1) is 5.69 Å². The molecule has 0 saturated carbocycles. The zero-order valence-corrected chi connectivity index (χ0v) is 9.98. The largest absolute Gasteiger partial charge is 0.257 e. The summed E-state index contributed by atoms with van der Waals surface area (Å²) in [6.07, 6.45) is 1.98. The fraction of sp³-hybridized carbons (Fsp3) is 0.188. The molecule has 1 heteroatoms. The third-order valence-electron chi connectivity index (χ3n) is 3.32. The lowest BCUT2D eigenvalue weighted by atomic mass is 10.0. The van der Waals surface area contributed by atoms with E-state index in [-0.39, 0.29) is 0 Å². The predicted molar refractivity (Wildman–Crippen MR) is 72.1 cm³/mol. The third-order valence-corrected chi connectivity index (χ3v) is 3.32. The van der Waals surface area contributed by atoms with Crippen LogP contribution in [0.25, 0.3) is 0 Å². The first kappa shape index (κ1) is 10.3. The monoisotopic (exact) mass is 221 g/mol. The minimum atomic E-state index is 0.974. The molecule has 1 heterocycles. The van der Waals surface area contributed by atoms with E-state index in [0.717, 1.165) is 18.5 Å². The maximum Gasteiger partial charge on any atom is 0.0665 e. The van der Waals surface area contributed by atoms with Crippen LogP contribution in [0.1, 0.15) is 16.7 Å². The highest BCUT2D eigenvalue weighted by Gasteiger charge is 2.14. The van der Waals surface area contributed by atoms with Crippen molar-refractivity contribution in [3.63, 3.8) is 0 Å². The van der Waals surface area contributed by atoms with Crippen LogP contribution < -0.4 is 0 Å². The van der Waals surface area contributed by atoms with Gasteiger partial charge in [0.15, 0.2) is 0 Å². The number of hydrogen-bond acceptors (Lipinski definition) is 1. The Bertz CT molecular complexity index is 582. The third kappa shape index (κ3) is 2.01. The number of benzene rings is 2. The first-order valence-corrected chi connectivity index (χ1v) is 6.02. The van der Waals surface area contributed by atoms with E-state index in [4.69, 9.17) is 4.99 Å². The Morgan fingerprint density at radius 1 is 1.00 bits per heavy atom. The fourth-order valence-electron chi connectivity index (χ4n) is 2.33. The Balaban J connectivity index is 1.84. The summed E-state index contributed by atoms with van der Waals surface area (Å²) >= 11 is 0. The number of rotatable bonds is 2. The van der Waals surface area contributed by atoms with Crippen molar-refractivity contribution in [2.75, 3.05) is 0 Å². The Kier molecular flexibility index (Phi) is 2.52. The predicted octanol–water partition coefficient (Wildman–Crippen LogP) is 3.87. The summed E-state index contributed by atoms with van der Waals surface area (Å²) in [5.74, 6) is 0. The maximum absolute atomic E-state index is 4.70. The molecule has 0 N–H and O–H groups in total. The molecule has 2 aromatic rings. The van der Waals surface area contributed by atoms with Gasteiger partial charge in [-0.25, -0.2) is 0 Å². The molecule has 3 rings (SSSR count). The van der Waals surface area contributed by atoms with Crippen molar-refractivity contribution in [1.82, 2.24) is 0 Å². The molecule has 2 aromatic carbocycles. The van der Waals surface area contributed by atoms with Gasteiger partial charge in [0.1, 0.15) is 0 Å². The highest BCUT2D eigenvalue weighted by molar-refractivity contribution is 5.95. The fourth-order valence-corrected chi connectivity index (χ4v) is 2.33. The number of hydrogen-bond donors (Lipinski definition) is 0. The molecule has 84 valence electrons. The van der Waals surface area contributed by atoms with Crippen molar-refractivity contribution in [2.24, 2.45) is 4.99 Å². The lowest BCUT2D eigenvalue weighted by molar-refractivity contribution is 1.22. The van der Waals surface area contributed by atoms with Crippen molar-refractivity contribution in [2.45, 2.75) is 19.8 Å². The van der Waals surface area contributed by atoms with Gasteiger partial charge in [0, 0.05) is 18.6 Å². The number of para-hydroxylation sites is 1. The first-order valence-electron chi connectivity index (χ1n) is 6.02. The lowest BCUT2D eigenvalue weighted by Gasteiger charge is -2.04. The molecule has 1 aliphatic rings. The van der Waals surface area contributed by atoms with Crippen molar-refractivity contribution in [1.29, 1.82) is 0 Å². The van der Waals surface area contributed by atoms with Gasteiger partial charge in [-0.1, -0.05) is 42.5 Å². The molecule has 0 bridgehead atoms. The molecule has 0 radical (unpaired) electrons. The molecule has 0 spiro atoms. The Labute approximate surface area is 102 Å². The van der Waals surface area contributed by atoms with Gasteiger partial charge in [0.2, 0.25) is 0 Å². The standard InChI is InChI=1S/C16H15N/c1-12-6-2-3-7-13(12)10-15-11-14-8-4-5-9-16(14)17-15/h2-9H,10-11H2,1H3. The summed E-state index contributed by atoms with van der Waals surface area (Å²) in [4.78, 5) is 4.70. The van der Waals surface area contributed by atoms with E-state index in [9.17, 15) is 0 Å². The highest BCUT2D eigenvalue weighted by Crippen LogP contribution is 2.27. The van der Waals surface area contributed by atoms with E-state index in [0.29, 0.717) is 0 Å². The molecular weight excluding hydrogens is 206 g/mol. The second kappa shape index (κ2) is 4.17. The normalized spacial score (nSPS) is 13.4. The first-order chi connectivity index (χ1) is 8.33. The average Bonchev–Trinajstić information content (AvgIpc) is 2.74. The number of nitrogens with zero attached hydrogens (tertiary/aromatic N) is 1. The van der Waals surface area contributed by atoms with Crippen LogP contribution in [0.2, 0.25) is 0 Å². The van der Waals surface area contributed by atoms with Gasteiger partial charge >= 0.3 is 0 Å². The summed E-state index contributed by atoms with van der Waals surface area (Å²) in [6, 6.07) is 17.0. The SMILES string of the molecule is Cc1ccccc1CC1=Nc2ccccc2C1. The van der Waals surface area contributed by atoms with Crippen molar-refractivity contribution in [3.8, 4) is 0 Å². The van der Waals surface area contributed by atoms with Crippen LogP contribution >= 0.6 is 0 Å². The second-order valence-electron chi connectivity index (χ2n) is 4.59. The van der Waals surface area contributed by atoms with Crippen LogP contribution in [0.3, 0.4) is 0 Å². The van der Waals surface area contributed by atoms with Crippen LogP contribution in [0.4, 0.5) is 5.69 Å². The van der Waals surface area contributed by atoms with E-state index in [2.05, 4.69) is 55.5 Å². The lowest BCUT2D eigenvalue weighted by Crippen LogP contribution is -2.03. The van der Waals surface area contributed by atoms with E-state index in [1.165, 1.54) is 22.4 Å². The van der Waals surface area contributed by atoms with E-state index >= 15 is 0 Å². The summed E-state index contributed by atoms with van der Waals surface area (Å²) in [6.45, 7) is 2.16. The highest BCUT2D eigenvalue weighted by atomic mass is 14.8. The second-order valence-corrected chi connectivity index (χ2v) is 4.59. The molecule has 0 unspecified atom stereocenters. The number of aryl methyl sites for hydroxylation is 1. The summed E-state index contributed by atoms with van der Waals surface area (Å²) in [5, 5.41) is 0. The molecule has 0 saturated heterocycles. The Morgan fingerprint density at radius 2 is 1.76 bits per heavy atom. The number of aliphatic imine (C=N–C) groups is 1. The van der Waals surface area contributed by atoms with E-state index < -0.39 is 0 Å². The van der Waals surface area contributed by atoms with Crippen molar-refractivity contribution in [3.05, 3.63) is 65.2 Å². The topological polar surface area (TPSA) is 12.4 Å². The van der Waals surface area contributed by atoms with Gasteiger partial charge in [-0.05, 0) is 29.7 Å². The Hall–Kier alpha value is -1.89. The van der Waals surface area contributed by atoms with Crippen LogP contribution in [-0.2, 0) is 12.8 Å². The summed E-state index contributed by atoms with van der Waals surface area (Å²) in [7, 11) is 0. The summed E-state index contributed by atoms with van der Waals surface area (Å²) in [5.41, 5.74) is 6.53. The molecule has 1 aliphatic heterocycles. The molecule has 17 heavy (non-hydrogen) atoms. The smallest absolute Gasteiger partial charge is 0.0665 e. The molecule has 0 aliphatic carbocycles. The maximum atomic E-state index is 4.70. The zero-order chi connectivity index (χ0) is 11.7. The van der Waals surface area contributed by atoms with E-state index in [1.54, 1.807) is 0 Å². The molecule has 1 nitrogen and oxygen atoms in total. The quantitative estimate of drug-likeness (QED) is 0.730. The van der Waals surface area contributed by atoms with Crippen LogP contribution in [-0.4, -0.2) is 5.71 Å². The number of fused-ring (bicyclic) bond motifs is 1. The minimum Gasteiger partial charge on any atom is -0.257 e. The molecule has 0 amide bonds. The van der Waals surface area contributed by atoms with Crippen LogP contribution in [0.5, 0.6) is 0 Å². The van der Waals surface area contributed by atoms with Gasteiger partial charge in [0.25, 0.3) is 0 Å². The average molecular weight is 221 g/mol. The Morgan fingerprint density at radius 3 is 2.59 bits per heavy atom. The summed E-state index contributed by atoms with van der Waals surface area (Å²) < 4.78 is 0. The van der Waals surface area contributed by atoms with Crippen LogP contribution in [0.15, 0.2) is 53.5 Å². The van der Waals surface area contributed by atoms with E-state index in [1.807, 2.05) is 0 Å². The van der Waals surface area contributed by atoms with Crippen molar-refractivity contribution >= 4 is 11.4 Å². The van der Waals surface area contributed by atoms with Crippen molar-refractivity contribution < 1.29 is 0 Å². The van der Waals surface area contributed by atoms with Gasteiger partial charge < -0.3 is 0 Å². The van der Waals surface area contributed by atoms with Gasteiger partial charge in [-0.2, -0.15) is 0 Å². The molecule has 0 aromatic heterocycles. The van der Waals surface area contributed by atoms with Gasteiger partial charge in [-0.15, -0.1) is 0 Å². The van der Waals surface area contributed by atoms with Gasteiger partial charge in [-0.3, -0.25) is 4.99 Å². The molecule has 0 fully saturated rings. The van der Waals surface area contributed by atoms with Crippen LogP contribution in [0, 0.1) is 6.92 Å².